The van der Waals surface area contributed by atoms with E-state index in [0.29, 0.717) is 23.7 Å². The Labute approximate surface area is 214 Å². The fraction of sp³-hybridized carbons (Fsp3) is 0.667. The summed E-state index contributed by atoms with van der Waals surface area (Å²) in [5.74, 6) is -1.28. The van der Waals surface area contributed by atoms with Crippen LogP contribution in [0.15, 0.2) is 18.2 Å². The maximum Gasteiger partial charge on any atom is 0.472 e. The molecule has 1 rings (SSSR count). The van der Waals surface area contributed by atoms with Gasteiger partial charge in [0.1, 0.15) is 12.6 Å². The Balaban J connectivity index is 0.0000130. The van der Waals surface area contributed by atoms with Crippen LogP contribution in [0.1, 0.15) is 44.9 Å². The Morgan fingerprint density at radius 2 is 1.59 bits per heavy atom. The third kappa shape index (κ3) is 15.2. The number of nitro groups is 2. The Bertz CT molecular complexity index is 938. The van der Waals surface area contributed by atoms with Crippen LogP contribution < -0.4 is 4.74 Å². The first kappa shape index (κ1) is 34.3. The summed E-state index contributed by atoms with van der Waals surface area (Å²) >= 11 is 0. The molecular weight excluding hydrogens is 517 g/mol. The number of benzene rings is 1. The quantitative estimate of drug-likeness (QED) is 0.0823. The molecule has 0 aromatic heterocycles. The van der Waals surface area contributed by atoms with Gasteiger partial charge in [0.2, 0.25) is 5.75 Å². The summed E-state index contributed by atoms with van der Waals surface area (Å²) in [5, 5.41) is 30.9. The minimum absolute atomic E-state index is 0. The van der Waals surface area contributed by atoms with E-state index in [-0.39, 0.29) is 42.4 Å². The predicted molar refractivity (Wildman–Crippen MR) is 131 cm³/mol. The minimum Gasteiger partial charge on any atom is -0.870 e. The molecule has 0 fully saturated rings. The van der Waals surface area contributed by atoms with E-state index in [1.165, 1.54) is 0 Å². The second-order valence-electron chi connectivity index (χ2n) is 9.24. The van der Waals surface area contributed by atoms with Crippen LogP contribution in [0.4, 0.5) is 11.4 Å². The van der Waals surface area contributed by atoms with Gasteiger partial charge in [0.15, 0.2) is 0 Å². The summed E-state index contributed by atoms with van der Waals surface area (Å²) in [7, 11) is 1.04. The lowest BCUT2D eigenvalue weighted by Gasteiger charge is -2.29. The normalized spacial score (nSPS) is 13.7. The molecule has 2 unspecified atom stereocenters. The van der Waals surface area contributed by atoms with Crippen LogP contribution in [-0.2, 0) is 18.4 Å². The number of carboxylic acid groups (broad SMARTS) is 1. The highest BCUT2D eigenvalue weighted by Crippen LogP contribution is 2.45. The Hall–Kier alpha value is -2.68. The number of hydrogen-bond acceptors (Lipinski definition) is 10. The van der Waals surface area contributed by atoms with Crippen LogP contribution in [0, 0.1) is 20.2 Å². The van der Waals surface area contributed by atoms with Crippen molar-refractivity contribution in [2.75, 3.05) is 40.9 Å². The van der Waals surface area contributed by atoms with Crippen molar-refractivity contribution >= 4 is 25.2 Å². The van der Waals surface area contributed by atoms with Crippen molar-refractivity contribution in [3.8, 4) is 5.75 Å². The number of rotatable bonds is 19. The highest BCUT2D eigenvalue weighted by atomic mass is 31.2. The lowest BCUT2D eigenvalue weighted by atomic mass is 10.1. The van der Waals surface area contributed by atoms with Crippen molar-refractivity contribution < 1.29 is 52.9 Å². The number of phosphoric ester groups is 1. The molecule has 0 saturated carbocycles. The molecule has 0 bridgehead atoms. The second-order valence-corrected chi connectivity index (χ2v) is 10.6. The molecule has 3 N–H and O–H groups in total. The lowest BCUT2D eigenvalue weighted by Crippen LogP contribution is -2.42. The first-order chi connectivity index (χ1) is 16.7. The first-order valence-corrected chi connectivity index (χ1v) is 12.9. The molecule has 0 saturated heterocycles. The highest BCUT2D eigenvalue weighted by molar-refractivity contribution is 7.47. The number of nitro benzene ring substituents is 2. The summed E-state index contributed by atoms with van der Waals surface area (Å²) in [6, 6.07) is 3.13. The number of non-ortho nitro benzene ring substituents is 1. The molecule has 0 heterocycles. The third-order valence-electron chi connectivity index (χ3n) is 4.84. The maximum absolute atomic E-state index is 12.2. The van der Waals surface area contributed by atoms with Crippen LogP contribution in [0.2, 0.25) is 0 Å². The number of aliphatic carboxylic acids is 1. The highest BCUT2D eigenvalue weighted by Gasteiger charge is 2.31. The average Bonchev–Trinajstić information content (AvgIpc) is 2.72. The molecule has 16 heteroatoms. The molecule has 0 spiro atoms. The zero-order valence-electron chi connectivity index (χ0n) is 21.2. The van der Waals surface area contributed by atoms with Gasteiger partial charge in [-0.05, 0) is 12.8 Å². The van der Waals surface area contributed by atoms with Gasteiger partial charge in [0.05, 0.1) is 56.7 Å². The van der Waals surface area contributed by atoms with E-state index in [4.69, 9.17) is 18.9 Å². The number of ether oxygens (including phenoxy) is 1. The van der Waals surface area contributed by atoms with Gasteiger partial charge in [-0.15, -0.1) is 0 Å². The van der Waals surface area contributed by atoms with E-state index >= 15 is 0 Å². The van der Waals surface area contributed by atoms with Crippen LogP contribution in [0.3, 0.4) is 0 Å². The number of nitrogens with zero attached hydrogens (tertiary/aromatic N) is 3. The third-order valence-corrected chi connectivity index (χ3v) is 5.91. The van der Waals surface area contributed by atoms with Gasteiger partial charge in [0, 0.05) is 12.1 Å². The summed E-state index contributed by atoms with van der Waals surface area (Å²) in [5.41, 5.74) is -0.626. The number of phosphoric acid groups is 1. The van der Waals surface area contributed by atoms with E-state index < -0.39 is 36.2 Å². The van der Waals surface area contributed by atoms with Crippen LogP contribution in [0.5, 0.6) is 5.75 Å². The molecule has 0 aliphatic carbocycles. The van der Waals surface area contributed by atoms with Crippen molar-refractivity contribution in [3.05, 3.63) is 38.4 Å². The predicted octanol–water partition coefficient (Wildman–Crippen LogP) is 3.73. The Kier molecular flexibility index (Phi) is 15.0. The van der Waals surface area contributed by atoms with Gasteiger partial charge in [-0.25, -0.2) is 4.57 Å². The van der Waals surface area contributed by atoms with Gasteiger partial charge < -0.3 is 24.7 Å². The summed E-state index contributed by atoms with van der Waals surface area (Å²) in [6.45, 7) is 0.372. The van der Waals surface area contributed by atoms with Crippen molar-refractivity contribution in [2.24, 2.45) is 0 Å². The molecule has 212 valence electrons. The molecule has 15 nitrogen and oxygen atoms in total. The zero-order chi connectivity index (χ0) is 27.4. The average molecular weight is 554 g/mol. The van der Waals surface area contributed by atoms with Crippen molar-refractivity contribution in [1.29, 1.82) is 0 Å². The van der Waals surface area contributed by atoms with Crippen molar-refractivity contribution in [1.82, 2.24) is 0 Å². The molecular formula is C21H36N3O12P. The lowest BCUT2D eigenvalue weighted by molar-refractivity contribution is -0.873. The number of unbranched alkanes of at least 4 members (excludes halogenated alkanes) is 5. The van der Waals surface area contributed by atoms with E-state index in [0.717, 1.165) is 37.5 Å². The van der Waals surface area contributed by atoms with E-state index in [9.17, 15) is 34.5 Å². The van der Waals surface area contributed by atoms with Crippen LogP contribution in [-0.4, -0.2) is 82.8 Å². The molecule has 0 amide bonds. The molecule has 1 aromatic rings. The minimum atomic E-state index is -4.39. The molecule has 37 heavy (non-hydrogen) atoms. The SMILES string of the molecule is C[N+](C)(C)CC(CC(=O)O)OP(=O)(O)OCCCCCCCCOc1cc([N+](=O)[O-])ccc1[N+](=O)[O-].[OH-]. The Morgan fingerprint density at radius 1 is 1.03 bits per heavy atom. The van der Waals surface area contributed by atoms with Gasteiger partial charge >= 0.3 is 19.5 Å². The number of carbonyl (C=O) groups is 1. The topological polar surface area (TPSA) is 219 Å². The molecule has 0 radical (unpaired) electrons. The molecule has 1 aromatic carbocycles. The van der Waals surface area contributed by atoms with Gasteiger partial charge in [0.25, 0.3) is 5.69 Å². The largest absolute Gasteiger partial charge is 0.870 e. The fourth-order valence-corrected chi connectivity index (χ4v) is 4.25. The summed E-state index contributed by atoms with van der Waals surface area (Å²) < 4.78 is 27.9. The van der Waals surface area contributed by atoms with Gasteiger partial charge in [-0.1, -0.05) is 25.7 Å². The number of likely N-dealkylation sites (N-methyl/N-ethyl adjacent to an activating group) is 1. The van der Waals surface area contributed by atoms with E-state index in [2.05, 4.69) is 0 Å². The van der Waals surface area contributed by atoms with E-state index in [1.54, 1.807) is 0 Å². The molecule has 2 atom stereocenters. The number of hydrogen-bond donors (Lipinski definition) is 2. The monoisotopic (exact) mass is 553 g/mol. The van der Waals surface area contributed by atoms with Gasteiger partial charge in [-0.2, -0.15) is 0 Å². The summed E-state index contributed by atoms with van der Waals surface area (Å²) in [6.07, 6.45) is 2.81. The maximum atomic E-state index is 12.2. The van der Waals surface area contributed by atoms with Crippen LogP contribution >= 0.6 is 7.82 Å². The zero-order valence-corrected chi connectivity index (χ0v) is 22.1. The summed E-state index contributed by atoms with van der Waals surface area (Å²) in [4.78, 5) is 41.5. The first-order valence-electron chi connectivity index (χ1n) is 11.4. The molecule has 0 aliphatic heterocycles. The molecule has 0 aliphatic rings. The number of carboxylic acids is 1. The van der Waals surface area contributed by atoms with Crippen molar-refractivity contribution in [2.45, 2.75) is 51.0 Å². The van der Waals surface area contributed by atoms with E-state index in [1.807, 2.05) is 21.1 Å². The fourth-order valence-electron chi connectivity index (χ4n) is 3.32. The smallest absolute Gasteiger partial charge is 0.472 e. The van der Waals surface area contributed by atoms with Crippen LogP contribution in [0.25, 0.3) is 0 Å². The second kappa shape index (κ2) is 16.2. The standard InChI is InChI=1S/C21H34N3O11P.H2O/c1-24(2,3)16-18(15-21(25)26)35-36(31,32)34-13-9-7-5-4-6-8-12-33-20-14-17(22(27)28)10-11-19(20)23(29)30;/h10-11,14,18H,4-9,12-13,15-16H2,1-3H3,(H-,25,26,31,32);1H2. The Morgan fingerprint density at radius 3 is 2.11 bits per heavy atom. The number of quaternary nitrogens is 1. The van der Waals surface area contributed by atoms with Gasteiger partial charge in [-0.3, -0.25) is 34.1 Å². The van der Waals surface area contributed by atoms with Crippen molar-refractivity contribution in [3.63, 3.8) is 0 Å².